The van der Waals surface area contributed by atoms with E-state index in [0.29, 0.717) is 30.4 Å². The Morgan fingerprint density at radius 2 is 1.77 bits per heavy atom. The highest BCUT2D eigenvalue weighted by molar-refractivity contribution is 6.01. The van der Waals surface area contributed by atoms with Crippen LogP contribution in [0.15, 0.2) is 42.7 Å². The van der Waals surface area contributed by atoms with Gasteiger partial charge in [0.2, 0.25) is 5.95 Å². The van der Waals surface area contributed by atoms with Gasteiger partial charge in [0, 0.05) is 47.2 Å². The molecule has 0 spiro atoms. The lowest BCUT2D eigenvalue weighted by Gasteiger charge is -2.53. The summed E-state index contributed by atoms with van der Waals surface area (Å²) in [4.78, 5) is 30.4. The van der Waals surface area contributed by atoms with Crippen molar-refractivity contribution in [2.45, 2.75) is 77.1 Å². The van der Waals surface area contributed by atoms with Crippen LogP contribution in [0.1, 0.15) is 54.4 Å². The summed E-state index contributed by atoms with van der Waals surface area (Å²) in [6.07, 6.45) is 4.59. The molecule has 2 aromatic heterocycles. The first kappa shape index (κ1) is 30.6. The van der Waals surface area contributed by atoms with Crippen molar-refractivity contribution in [1.82, 2.24) is 19.9 Å². The second kappa shape index (κ2) is 11.3. The number of anilines is 4. The fourth-order valence-corrected chi connectivity index (χ4v) is 6.15. The first-order chi connectivity index (χ1) is 20.2. The van der Waals surface area contributed by atoms with Gasteiger partial charge in [0.25, 0.3) is 5.91 Å². The molecule has 0 aliphatic carbocycles. The first-order valence-electron chi connectivity index (χ1n) is 14.6. The van der Waals surface area contributed by atoms with Gasteiger partial charge in [-0.15, -0.1) is 0 Å². The van der Waals surface area contributed by atoms with Crippen LogP contribution in [0, 0.1) is 5.82 Å². The molecule has 3 aromatic rings. The van der Waals surface area contributed by atoms with E-state index in [2.05, 4.69) is 65.2 Å². The van der Waals surface area contributed by atoms with E-state index in [1.807, 2.05) is 30.3 Å². The monoisotopic (exact) mass is 591 g/mol. The minimum Gasteiger partial charge on any atom is -0.474 e. The molecular weight excluding hydrogens is 549 g/mol. The van der Waals surface area contributed by atoms with Crippen molar-refractivity contribution in [3.05, 3.63) is 48.5 Å². The third kappa shape index (κ3) is 6.14. The van der Waals surface area contributed by atoms with Crippen molar-refractivity contribution in [3.63, 3.8) is 0 Å². The highest BCUT2D eigenvalue weighted by Crippen LogP contribution is 2.41. The zero-order valence-electron chi connectivity index (χ0n) is 26.3. The predicted molar refractivity (Wildman–Crippen MR) is 166 cm³/mol. The van der Waals surface area contributed by atoms with Gasteiger partial charge in [-0.2, -0.15) is 4.98 Å². The lowest BCUT2D eigenvalue weighted by atomic mass is 9.77. The second-order valence-corrected chi connectivity index (χ2v) is 13.1. The van der Waals surface area contributed by atoms with E-state index in [-0.39, 0.29) is 34.8 Å². The number of aromatic nitrogens is 3. The summed E-state index contributed by atoms with van der Waals surface area (Å²) in [5, 5.41) is 6.63. The molecule has 1 amide bonds. The van der Waals surface area contributed by atoms with E-state index in [1.165, 1.54) is 6.20 Å². The maximum atomic E-state index is 14.9. The van der Waals surface area contributed by atoms with Crippen molar-refractivity contribution < 1.29 is 18.7 Å². The van der Waals surface area contributed by atoms with Crippen LogP contribution in [0.3, 0.4) is 0 Å². The SMILES string of the molecule is COCCN1C(=O)C(C)(C)Oc2cc(-c3ccccc3Nc3ncc(F)c(NC4CC(C)(C)N(C)C(C)(C)C4)n3)cnc21. The molecule has 11 heteroatoms. The van der Waals surface area contributed by atoms with Crippen LogP contribution < -0.4 is 20.3 Å². The number of methoxy groups -OCH3 is 1. The number of hydrogen-bond donors (Lipinski definition) is 2. The number of fused-ring (bicyclic) bond motifs is 1. The summed E-state index contributed by atoms with van der Waals surface area (Å²) < 4.78 is 26.3. The summed E-state index contributed by atoms with van der Waals surface area (Å²) in [7, 11) is 3.74. The Bertz CT molecular complexity index is 1490. The zero-order chi connectivity index (χ0) is 31.2. The molecule has 1 saturated heterocycles. The third-order valence-corrected chi connectivity index (χ3v) is 8.61. The Morgan fingerprint density at radius 3 is 2.47 bits per heavy atom. The Labute approximate surface area is 253 Å². The highest BCUT2D eigenvalue weighted by atomic mass is 19.1. The number of carbonyl (C=O) groups is 1. The molecule has 2 aliphatic heterocycles. The number of carbonyl (C=O) groups excluding carboxylic acids is 1. The van der Waals surface area contributed by atoms with Crippen LogP contribution in [0.4, 0.5) is 27.7 Å². The average Bonchev–Trinajstić information content (AvgIpc) is 2.93. The fraction of sp³-hybridized carbons (Fsp3) is 0.500. The summed E-state index contributed by atoms with van der Waals surface area (Å²) in [5.74, 6) is 0.713. The third-order valence-electron chi connectivity index (χ3n) is 8.61. The fourth-order valence-electron chi connectivity index (χ4n) is 6.15. The number of piperidine rings is 1. The van der Waals surface area contributed by atoms with Gasteiger partial charge in [-0.05, 0) is 73.6 Å². The van der Waals surface area contributed by atoms with Crippen molar-refractivity contribution in [2.75, 3.05) is 42.8 Å². The Hall–Kier alpha value is -3.83. The van der Waals surface area contributed by atoms with Gasteiger partial charge in [-0.25, -0.2) is 14.4 Å². The summed E-state index contributed by atoms with van der Waals surface area (Å²) in [6.45, 7) is 13.1. The summed E-state index contributed by atoms with van der Waals surface area (Å²) in [6, 6.07) is 9.58. The maximum Gasteiger partial charge on any atom is 0.271 e. The number of para-hydroxylation sites is 1. The van der Waals surface area contributed by atoms with Crippen LogP contribution in [0.5, 0.6) is 5.75 Å². The predicted octanol–water partition coefficient (Wildman–Crippen LogP) is 5.64. The lowest BCUT2D eigenvalue weighted by Crippen LogP contribution is -2.61. The molecule has 0 radical (unpaired) electrons. The van der Waals surface area contributed by atoms with Gasteiger partial charge in [-0.1, -0.05) is 18.2 Å². The normalized spacial score (nSPS) is 19.5. The van der Waals surface area contributed by atoms with Crippen LogP contribution >= 0.6 is 0 Å². The van der Waals surface area contributed by atoms with Gasteiger partial charge in [0.15, 0.2) is 28.8 Å². The molecule has 2 N–H and O–H groups in total. The number of ether oxygens (including phenoxy) is 2. The smallest absolute Gasteiger partial charge is 0.271 e. The van der Waals surface area contributed by atoms with Crippen LogP contribution in [0.2, 0.25) is 0 Å². The number of benzene rings is 1. The standard InChI is InChI=1S/C32H42FN7O3/c1-30(2)16-21(17-31(3,4)39(30)7)36-26-23(33)19-35-29(38-26)37-24-12-10-9-11-22(24)20-15-25-27(34-18-20)40(13-14-42-8)28(41)32(5,6)43-25/h9-12,15,18-19,21H,13-14,16-17H2,1-8H3,(H2,35,36,37,38). The molecule has 4 heterocycles. The maximum absolute atomic E-state index is 14.9. The molecule has 5 rings (SSSR count). The van der Waals surface area contributed by atoms with Crippen molar-refractivity contribution >= 4 is 29.2 Å². The van der Waals surface area contributed by atoms with Crippen LogP contribution in [-0.2, 0) is 9.53 Å². The van der Waals surface area contributed by atoms with Crippen LogP contribution in [0.25, 0.3) is 11.1 Å². The molecule has 2 aliphatic rings. The molecule has 230 valence electrons. The van der Waals surface area contributed by atoms with Gasteiger partial charge < -0.3 is 20.1 Å². The van der Waals surface area contributed by atoms with E-state index in [4.69, 9.17) is 9.47 Å². The van der Waals surface area contributed by atoms with E-state index >= 15 is 0 Å². The zero-order valence-corrected chi connectivity index (χ0v) is 26.3. The van der Waals surface area contributed by atoms with Crippen molar-refractivity contribution in [3.8, 4) is 16.9 Å². The van der Waals surface area contributed by atoms with E-state index in [1.54, 1.807) is 32.1 Å². The first-order valence-corrected chi connectivity index (χ1v) is 14.6. The molecule has 1 fully saturated rings. The number of nitrogens with zero attached hydrogens (tertiary/aromatic N) is 5. The van der Waals surface area contributed by atoms with Crippen molar-refractivity contribution in [2.24, 2.45) is 0 Å². The molecular formula is C32H42FN7O3. The Morgan fingerprint density at radius 1 is 1.07 bits per heavy atom. The summed E-state index contributed by atoms with van der Waals surface area (Å²) in [5.41, 5.74) is 1.14. The minimum absolute atomic E-state index is 0.0480. The second-order valence-electron chi connectivity index (χ2n) is 13.1. The molecule has 10 nitrogen and oxygen atoms in total. The number of hydrogen-bond acceptors (Lipinski definition) is 9. The van der Waals surface area contributed by atoms with Gasteiger partial charge in [-0.3, -0.25) is 14.6 Å². The molecule has 0 atom stereocenters. The number of halogens is 1. The Kier molecular flexibility index (Phi) is 8.08. The average molecular weight is 592 g/mol. The van der Waals surface area contributed by atoms with E-state index in [9.17, 15) is 9.18 Å². The number of likely N-dealkylation sites (tertiary alicyclic amines) is 1. The number of amides is 1. The van der Waals surface area contributed by atoms with Gasteiger partial charge >= 0.3 is 0 Å². The van der Waals surface area contributed by atoms with Gasteiger partial charge in [0.05, 0.1) is 19.3 Å². The Balaban J connectivity index is 1.41. The van der Waals surface area contributed by atoms with E-state index < -0.39 is 11.4 Å². The number of rotatable bonds is 8. The topological polar surface area (TPSA) is 105 Å². The molecule has 0 saturated carbocycles. The van der Waals surface area contributed by atoms with Crippen LogP contribution in [-0.4, -0.2) is 75.8 Å². The van der Waals surface area contributed by atoms with Crippen molar-refractivity contribution in [1.29, 1.82) is 0 Å². The largest absolute Gasteiger partial charge is 0.474 e. The molecule has 43 heavy (non-hydrogen) atoms. The molecule has 1 aromatic carbocycles. The summed E-state index contributed by atoms with van der Waals surface area (Å²) >= 11 is 0. The minimum atomic E-state index is -1.05. The number of pyridine rings is 1. The highest BCUT2D eigenvalue weighted by Gasteiger charge is 2.44. The molecule has 0 unspecified atom stereocenters. The lowest BCUT2D eigenvalue weighted by molar-refractivity contribution is -0.132. The van der Waals surface area contributed by atoms with E-state index in [0.717, 1.165) is 24.0 Å². The number of nitrogens with one attached hydrogen (secondary N) is 2. The molecule has 0 bridgehead atoms. The quantitative estimate of drug-likeness (QED) is 0.345. The van der Waals surface area contributed by atoms with Gasteiger partial charge in [0.1, 0.15) is 0 Å².